The quantitative estimate of drug-likeness (QED) is 0.460. The van der Waals surface area contributed by atoms with Gasteiger partial charge in [0.15, 0.2) is 11.5 Å². The van der Waals surface area contributed by atoms with Crippen LogP contribution in [-0.4, -0.2) is 27.1 Å². The summed E-state index contributed by atoms with van der Waals surface area (Å²) in [4.78, 5) is 26.6. The van der Waals surface area contributed by atoms with Crippen molar-refractivity contribution in [3.63, 3.8) is 0 Å². The van der Waals surface area contributed by atoms with Gasteiger partial charge in [0.25, 0.3) is 5.56 Å². The first kappa shape index (κ1) is 20.8. The van der Waals surface area contributed by atoms with Gasteiger partial charge in [-0.3, -0.25) is 13.9 Å². The van der Waals surface area contributed by atoms with Gasteiger partial charge in [0.2, 0.25) is 6.79 Å². The van der Waals surface area contributed by atoms with Crippen molar-refractivity contribution in [1.29, 1.82) is 0 Å². The molecule has 6 rings (SSSR count). The number of ether oxygens (including phenoxy) is 3. The van der Waals surface area contributed by atoms with Gasteiger partial charge in [0, 0.05) is 14.1 Å². The Balaban J connectivity index is 1.77. The molecule has 4 aromatic rings. The molecule has 2 aliphatic heterocycles. The van der Waals surface area contributed by atoms with Crippen LogP contribution in [0.15, 0.2) is 58.1 Å². The van der Waals surface area contributed by atoms with Crippen LogP contribution in [0.3, 0.4) is 0 Å². The molecule has 2 aromatic heterocycles. The number of benzene rings is 2. The highest BCUT2D eigenvalue weighted by atomic mass is 16.7. The maximum Gasteiger partial charge on any atom is 0.331 e. The Morgan fingerprint density at radius 3 is 2.44 bits per heavy atom. The van der Waals surface area contributed by atoms with E-state index in [1.54, 1.807) is 11.6 Å². The van der Waals surface area contributed by atoms with Crippen molar-refractivity contribution in [2.75, 3.05) is 13.4 Å². The fourth-order valence-corrected chi connectivity index (χ4v) is 5.20. The Kier molecular flexibility index (Phi) is 4.35. The molecular weight excluding hydrogens is 434 g/mol. The van der Waals surface area contributed by atoms with E-state index in [2.05, 4.69) is 18.4 Å². The fourth-order valence-electron chi connectivity index (χ4n) is 5.20. The van der Waals surface area contributed by atoms with Gasteiger partial charge < -0.3 is 18.8 Å². The van der Waals surface area contributed by atoms with Gasteiger partial charge in [-0.15, -0.1) is 0 Å². The number of hydrogen-bond acceptors (Lipinski definition) is 5. The summed E-state index contributed by atoms with van der Waals surface area (Å²) in [7, 11) is 3.23. The topological polar surface area (TPSA) is 76.6 Å². The van der Waals surface area contributed by atoms with Gasteiger partial charge in [-0.1, -0.05) is 36.4 Å². The van der Waals surface area contributed by atoms with Gasteiger partial charge in [-0.05, 0) is 37.1 Å². The van der Waals surface area contributed by atoms with Crippen LogP contribution in [0, 0.1) is 0 Å². The van der Waals surface area contributed by atoms with Gasteiger partial charge in [0.1, 0.15) is 6.10 Å². The van der Waals surface area contributed by atoms with Crippen LogP contribution in [0.25, 0.3) is 22.2 Å². The smallest absolute Gasteiger partial charge is 0.331 e. The second-order valence-electron chi connectivity index (χ2n) is 9.48. The normalized spacial score (nSPS) is 18.3. The third kappa shape index (κ3) is 2.75. The van der Waals surface area contributed by atoms with Gasteiger partial charge in [0.05, 0.1) is 34.4 Å². The van der Waals surface area contributed by atoms with Crippen molar-refractivity contribution in [2.45, 2.75) is 25.5 Å². The molecule has 0 saturated carbocycles. The molecule has 34 heavy (non-hydrogen) atoms. The van der Waals surface area contributed by atoms with E-state index in [4.69, 9.17) is 14.2 Å². The maximum atomic E-state index is 13.6. The highest BCUT2D eigenvalue weighted by Gasteiger charge is 2.41. The first-order valence-corrected chi connectivity index (χ1v) is 11.2. The molecule has 174 valence electrons. The molecule has 0 bridgehead atoms. The molecule has 0 amide bonds. The average Bonchev–Trinajstić information content (AvgIpc) is 3.45. The Hall–Kier alpha value is -3.78. The predicted octanol–water partition coefficient (Wildman–Crippen LogP) is 3.29. The van der Waals surface area contributed by atoms with Crippen molar-refractivity contribution < 1.29 is 14.2 Å². The summed E-state index contributed by atoms with van der Waals surface area (Å²) in [5.74, 6) is 1.34. The maximum absolute atomic E-state index is 13.6. The third-order valence-corrected chi connectivity index (χ3v) is 6.81. The Bertz CT molecular complexity index is 1580. The van der Waals surface area contributed by atoms with Gasteiger partial charge in [-0.25, -0.2) is 4.79 Å². The van der Waals surface area contributed by atoms with Gasteiger partial charge in [-0.2, -0.15) is 0 Å². The summed E-state index contributed by atoms with van der Waals surface area (Å²) in [5.41, 5.74) is 2.77. The van der Waals surface area contributed by atoms with Crippen molar-refractivity contribution in [3.05, 3.63) is 80.6 Å². The lowest BCUT2D eigenvalue weighted by molar-refractivity contribution is -0.00713. The predicted molar refractivity (Wildman–Crippen MR) is 128 cm³/mol. The minimum atomic E-state index is -0.500. The molecule has 4 heterocycles. The standard InChI is InChI=1S/C26H25N3O5/c1-26(2)13-32-23(16-10-11-17-18(12-16)34-14-33-17)22-21-19(24(30)28(4)25(31)27(21)3)20(29(22)26)15-8-6-5-7-9-15/h5-12,23H,13-14H2,1-4H3/t23-/m1/s1. The second kappa shape index (κ2) is 7.11. The van der Waals surface area contributed by atoms with E-state index in [0.29, 0.717) is 29.0 Å². The lowest BCUT2D eigenvalue weighted by Gasteiger charge is -2.39. The van der Waals surface area contributed by atoms with Crippen LogP contribution < -0.4 is 20.7 Å². The summed E-state index contributed by atoms with van der Waals surface area (Å²) in [6, 6.07) is 15.6. The number of aryl methyl sites for hydroxylation is 1. The van der Waals surface area contributed by atoms with E-state index in [9.17, 15) is 9.59 Å². The Labute approximate surface area is 195 Å². The molecule has 0 spiro atoms. The number of nitrogens with zero attached hydrogens (tertiary/aromatic N) is 3. The minimum absolute atomic E-state index is 0.180. The molecule has 0 N–H and O–H groups in total. The molecular formula is C26H25N3O5. The van der Waals surface area contributed by atoms with Crippen LogP contribution >= 0.6 is 0 Å². The van der Waals surface area contributed by atoms with E-state index in [0.717, 1.165) is 22.5 Å². The number of rotatable bonds is 2. The molecule has 0 saturated heterocycles. The van der Waals surface area contributed by atoms with Crippen LogP contribution in [-0.2, 0) is 24.4 Å². The van der Waals surface area contributed by atoms with E-state index < -0.39 is 11.6 Å². The summed E-state index contributed by atoms with van der Waals surface area (Å²) in [6.07, 6.45) is -0.500. The summed E-state index contributed by atoms with van der Waals surface area (Å²) in [5, 5.41) is 0.509. The van der Waals surface area contributed by atoms with Crippen LogP contribution in [0.2, 0.25) is 0 Å². The van der Waals surface area contributed by atoms with Crippen molar-refractivity contribution in [3.8, 4) is 22.8 Å². The van der Waals surface area contributed by atoms with E-state index in [-0.39, 0.29) is 18.0 Å². The molecule has 2 aliphatic rings. The van der Waals surface area contributed by atoms with Gasteiger partial charge >= 0.3 is 5.69 Å². The zero-order chi connectivity index (χ0) is 23.8. The molecule has 8 heteroatoms. The first-order chi connectivity index (χ1) is 16.3. The number of hydrogen-bond donors (Lipinski definition) is 0. The summed E-state index contributed by atoms with van der Waals surface area (Å²) in [6.45, 7) is 4.77. The van der Waals surface area contributed by atoms with Crippen LogP contribution in [0.5, 0.6) is 11.5 Å². The summed E-state index contributed by atoms with van der Waals surface area (Å²) < 4.78 is 22.4. The fraction of sp³-hybridized carbons (Fsp3) is 0.308. The number of fused-ring (bicyclic) bond motifs is 4. The van der Waals surface area contributed by atoms with Crippen LogP contribution in [0.1, 0.15) is 31.2 Å². The van der Waals surface area contributed by atoms with E-state index >= 15 is 0 Å². The molecule has 0 aliphatic carbocycles. The lowest BCUT2D eigenvalue weighted by atomic mass is 9.97. The highest BCUT2D eigenvalue weighted by Crippen LogP contribution is 2.46. The van der Waals surface area contributed by atoms with Crippen LogP contribution in [0.4, 0.5) is 0 Å². The molecule has 2 aromatic carbocycles. The average molecular weight is 460 g/mol. The Morgan fingerprint density at radius 1 is 0.941 bits per heavy atom. The SMILES string of the molecule is Cn1c(=O)c2c(-c3ccccc3)n3c(c2n(C)c1=O)[C@@H](c1ccc2c(c1)OCO2)OCC3(C)C. The third-order valence-electron chi connectivity index (χ3n) is 6.81. The van der Waals surface area contributed by atoms with Crippen molar-refractivity contribution in [1.82, 2.24) is 13.7 Å². The number of aromatic nitrogens is 3. The minimum Gasteiger partial charge on any atom is -0.454 e. The monoisotopic (exact) mass is 459 g/mol. The van der Waals surface area contributed by atoms with E-state index in [1.165, 1.54) is 11.6 Å². The highest BCUT2D eigenvalue weighted by molar-refractivity contribution is 5.96. The second-order valence-corrected chi connectivity index (χ2v) is 9.48. The van der Waals surface area contributed by atoms with E-state index in [1.807, 2.05) is 48.5 Å². The lowest BCUT2D eigenvalue weighted by Crippen LogP contribution is -2.40. The molecule has 0 radical (unpaired) electrons. The first-order valence-electron chi connectivity index (χ1n) is 11.2. The molecule has 0 unspecified atom stereocenters. The molecule has 1 atom stereocenters. The van der Waals surface area contributed by atoms with Crippen molar-refractivity contribution in [2.24, 2.45) is 14.1 Å². The van der Waals surface area contributed by atoms with Crippen molar-refractivity contribution >= 4 is 10.9 Å². The largest absolute Gasteiger partial charge is 0.454 e. The zero-order valence-corrected chi connectivity index (χ0v) is 19.5. The zero-order valence-electron chi connectivity index (χ0n) is 19.5. The molecule has 0 fully saturated rings. The molecule has 8 nitrogen and oxygen atoms in total. The summed E-state index contributed by atoms with van der Waals surface area (Å²) >= 11 is 0. The Morgan fingerprint density at radius 2 is 1.68 bits per heavy atom.